The van der Waals surface area contributed by atoms with Gasteiger partial charge in [0.25, 0.3) is 0 Å². The van der Waals surface area contributed by atoms with Gasteiger partial charge in [-0.3, -0.25) is 9.11 Å². The lowest BCUT2D eigenvalue weighted by atomic mass is 10.5. The quantitative estimate of drug-likeness (QED) is 0.410. The van der Waals surface area contributed by atoms with Crippen LogP contribution >= 0.6 is 0 Å². The standard InChI is InChI=1S/C4H8O3S/c1-3-4(2)8(5,6)7/h3H,1H2,2H3,(H2,5,6,7). The molecule has 0 atom stereocenters. The van der Waals surface area contributed by atoms with Gasteiger partial charge < -0.3 is 0 Å². The van der Waals surface area contributed by atoms with Gasteiger partial charge in [0.2, 0.25) is 10.1 Å². The third kappa shape index (κ3) is 2.11. The Labute approximate surface area is 48.7 Å². The zero-order valence-corrected chi connectivity index (χ0v) is 5.31. The molecule has 0 fully saturated rings. The predicted octanol–water partition coefficient (Wildman–Crippen LogP) is 0.595. The van der Waals surface area contributed by atoms with Gasteiger partial charge in [0.1, 0.15) is 0 Å². The molecule has 0 aromatic heterocycles. The SMILES string of the molecule is C=CC(C)=S(=O)(O)O. The van der Waals surface area contributed by atoms with Gasteiger partial charge >= 0.3 is 0 Å². The zero-order valence-electron chi connectivity index (χ0n) is 4.50. The normalized spacial score (nSPS) is 10.9. The minimum Gasteiger partial charge on any atom is -0.293 e. The molecule has 0 rings (SSSR count). The van der Waals surface area contributed by atoms with E-state index in [9.17, 15) is 4.21 Å². The maximum Gasteiger partial charge on any atom is 0.202 e. The lowest BCUT2D eigenvalue weighted by Gasteiger charge is -1.92. The molecule has 0 saturated carbocycles. The van der Waals surface area contributed by atoms with Crippen LogP contribution < -0.4 is 0 Å². The van der Waals surface area contributed by atoms with E-state index in [0.717, 1.165) is 6.08 Å². The molecule has 4 heteroatoms. The van der Waals surface area contributed by atoms with E-state index in [-0.39, 0.29) is 4.86 Å². The molecule has 48 valence electrons. The molecule has 0 aromatic carbocycles. The molecule has 0 bridgehead atoms. The summed E-state index contributed by atoms with van der Waals surface area (Å²) < 4.78 is 26.6. The molecular weight excluding hydrogens is 128 g/mol. The monoisotopic (exact) mass is 136 g/mol. The molecule has 0 aliphatic heterocycles. The minimum atomic E-state index is -3.70. The first kappa shape index (κ1) is 7.68. The second kappa shape index (κ2) is 2.30. The minimum absolute atomic E-state index is 0.0162. The van der Waals surface area contributed by atoms with Crippen molar-refractivity contribution in [2.24, 2.45) is 0 Å². The van der Waals surface area contributed by atoms with Crippen LogP contribution in [-0.2, 0) is 10.1 Å². The van der Waals surface area contributed by atoms with Crippen LogP contribution in [-0.4, -0.2) is 18.2 Å². The van der Waals surface area contributed by atoms with Crippen LogP contribution in [0.15, 0.2) is 12.7 Å². The Morgan fingerprint density at radius 3 is 2.12 bits per heavy atom. The van der Waals surface area contributed by atoms with Crippen LogP contribution in [0.5, 0.6) is 0 Å². The molecule has 0 aliphatic carbocycles. The van der Waals surface area contributed by atoms with E-state index in [1.165, 1.54) is 6.92 Å². The predicted molar refractivity (Wildman–Crippen MR) is 34.3 cm³/mol. The Kier molecular flexibility index (Phi) is 2.21. The summed E-state index contributed by atoms with van der Waals surface area (Å²) in [5.74, 6) is 0. The number of hydrogen-bond donors (Lipinski definition) is 2. The summed E-state index contributed by atoms with van der Waals surface area (Å²) in [5.41, 5.74) is 0. The largest absolute Gasteiger partial charge is 0.293 e. The third-order valence-electron chi connectivity index (χ3n) is 0.707. The van der Waals surface area contributed by atoms with Crippen molar-refractivity contribution in [1.82, 2.24) is 0 Å². The highest BCUT2D eigenvalue weighted by molar-refractivity contribution is 7.92. The molecule has 2 N–H and O–H groups in total. The van der Waals surface area contributed by atoms with Crippen molar-refractivity contribution in [1.29, 1.82) is 0 Å². The van der Waals surface area contributed by atoms with Crippen molar-refractivity contribution in [2.45, 2.75) is 6.92 Å². The average molecular weight is 136 g/mol. The maximum absolute atomic E-state index is 10.1. The lowest BCUT2D eigenvalue weighted by Crippen LogP contribution is -2.05. The Morgan fingerprint density at radius 2 is 2.12 bits per heavy atom. The average Bonchev–Trinajstić information content (AvgIpc) is 1.62. The van der Waals surface area contributed by atoms with E-state index in [1.807, 2.05) is 0 Å². The molecule has 0 saturated heterocycles. The maximum atomic E-state index is 10.1. The Bertz CT molecular complexity index is 189. The van der Waals surface area contributed by atoms with E-state index >= 15 is 0 Å². The van der Waals surface area contributed by atoms with Crippen molar-refractivity contribution in [3.05, 3.63) is 12.7 Å². The summed E-state index contributed by atoms with van der Waals surface area (Å²) in [7, 11) is -3.70. The topological polar surface area (TPSA) is 57.5 Å². The number of hydrogen-bond acceptors (Lipinski definition) is 1. The van der Waals surface area contributed by atoms with Gasteiger partial charge in [0.05, 0.1) is 4.86 Å². The van der Waals surface area contributed by atoms with Gasteiger partial charge in [-0.2, -0.15) is 0 Å². The summed E-state index contributed by atoms with van der Waals surface area (Å²) in [5, 5.41) is 0. The van der Waals surface area contributed by atoms with Crippen molar-refractivity contribution < 1.29 is 13.3 Å². The summed E-state index contributed by atoms with van der Waals surface area (Å²) in [6.45, 7) is 4.52. The Balaban J connectivity index is 4.84. The van der Waals surface area contributed by atoms with E-state index in [4.69, 9.17) is 9.11 Å². The van der Waals surface area contributed by atoms with Crippen LogP contribution in [0, 0.1) is 0 Å². The van der Waals surface area contributed by atoms with Crippen molar-refractivity contribution in [3.63, 3.8) is 0 Å². The summed E-state index contributed by atoms with van der Waals surface area (Å²) in [6, 6.07) is 0. The van der Waals surface area contributed by atoms with E-state index in [2.05, 4.69) is 6.58 Å². The molecule has 0 spiro atoms. The molecule has 0 aliphatic rings. The van der Waals surface area contributed by atoms with Crippen LogP contribution in [0.2, 0.25) is 0 Å². The summed E-state index contributed by atoms with van der Waals surface area (Å²) >= 11 is 0. The molecule has 8 heavy (non-hydrogen) atoms. The fourth-order valence-corrected chi connectivity index (χ4v) is 0.326. The molecule has 0 heterocycles. The molecule has 3 nitrogen and oxygen atoms in total. The van der Waals surface area contributed by atoms with Gasteiger partial charge in [-0.25, -0.2) is 4.21 Å². The number of allylic oxidation sites excluding steroid dienone is 1. The molecular formula is C4H8O3S. The van der Waals surface area contributed by atoms with Gasteiger partial charge in [0.15, 0.2) is 0 Å². The Morgan fingerprint density at radius 1 is 1.75 bits per heavy atom. The fraction of sp³-hybridized carbons (Fsp3) is 0.250. The second-order valence-electron chi connectivity index (χ2n) is 1.31. The van der Waals surface area contributed by atoms with Crippen molar-refractivity contribution >= 4 is 14.9 Å². The van der Waals surface area contributed by atoms with Crippen molar-refractivity contribution in [2.75, 3.05) is 0 Å². The highest BCUT2D eigenvalue weighted by Crippen LogP contribution is 1.83. The Hall–Kier alpha value is -0.320. The van der Waals surface area contributed by atoms with Gasteiger partial charge in [-0.1, -0.05) is 12.7 Å². The second-order valence-corrected chi connectivity index (χ2v) is 2.95. The van der Waals surface area contributed by atoms with Crippen LogP contribution in [0.25, 0.3) is 0 Å². The van der Waals surface area contributed by atoms with Gasteiger partial charge in [-0.15, -0.1) is 0 Å². The first-order valence-corrected chi connectivity index (χ1v) is 3.40. The summed E-state index contributed by atoms with van der Waals surface area (Å²) in [4.78, 5) is -0.0162. The fourth-order valence-electron chi connectivity index (χ4n) is 0.109. The molecule has 0 unspecified atom stereocenters. The van der Waals surface area contributed by atoms with Crippen LogP contribution in [0.4, 0.5) is 0 Å². The van der Waals surface area contributed by atoms with E-state index < -0.39 is 10.1 Å². The van der Waals surface area contributed by atoms with Gasteiger partial charge in [-0.05, 0) is 6.92 Å². The summed E-state index contributed by atoms with van der Waals surface area (Å²) in [6.07, 6.45) is 1.14. The first-order valence-electron chi connectivity index (χ1n) is 1.93. The molecule has 0 aromatic rings. The van der Waals surface area contributed by atoms with E-state index in [0.29, 0.717) is 0 Å². The first-order chi connectivity index (χ1) is 3.48. The van der Waals surface area contributed by atoms with Gasteiger partial charge in [0, 0.05) is 0 Å². The lowest BCUT2D eigenvalue weighted by molar-refractivity contribution is 0.447. The van der Waals surface area contributed by atoms with Crippen molar-refractivity contribution in [3.8, 4) is 0 Å². The highest BCUT2D eigenvalue weighted by Gasteiger charge is 1.95. The smallest absolute Gasteiger partial charge is 0.202 e. The zero-order chi connectivity index (χ0) is 6.78. The van der Waals surface area contributed by atoms with Crippen LogP contribution in [0.1, 0.15) is 6.92 Å². The number of rotatable bonds is 1. The molecule has 0 radical (unpaired) electrons. The third-order valence-corrected chi connectivity index (χ3v) is 1.71. The highest BCUT2D eigenvalue weighted by atomic mass is 32.2. The van der Waals surface area contributed by atoms with Crippen LogP contribution in [0.3, 0.4) is 0 Å². The van der Waals surface area contributed by atoms with E-state index in [1.54, 1.807) is 0 Å². The molecule has 0 amide bonds.